The summed E-state index contributed by atoms with van der Waals surface area (Å²) in [5.74, 6) is -0.505. The van der Waals surface area contributed by atoms with Crippen molar-refractivity contribution in [2.45, 2.75) is 32.5 Å². The Labute approximate surface area is 124 Å². The molecule has 1 saturated heterocycles. The van der Waals surface area contributed by atoms with E-state index in [1.165, 1.54) is 6.07 Å². The molecule has 1 aromatic carbocycles. The fraction of sp³-hybridized carbons (Fsp3) is 0.533. The lowest BCUT2D eigenvalue weighted by Gasteiger charge is -2.36. The van der Waals surface area contributed by atoms with Crippen LogP contribution in [0.4, 0.5) is 10.1 Å². The highest BCUT2D eigenvalue weighted by Gasteiger charge is 2.31. The van der Waals surface area contributed by atoms with Crippen molar-refractivity contribution in [3.63, 3.8) is 0 Å². The van der Waals surface area contributed by atoms with Crippen LogP contribution in [0.3, 0.4) is 0 Å². The summed E-state index contributed by atoms with van der Waals surface area (Å²) < 4.78 is 19.6. The number of morpholine rings is 1. The Morgan fingerprint density at radius 1 is 1.57 bits per heavy atom. The Morgan fingerprint density at radius 3 is 2.95 bits per heavy atom. The average Bonchev–Trinajstić information content (AvgIpc) is 2.46. The standard InChI is InChI=1S/C15H22FN3O2/c1-10(2)18-15(20)14-9-21-6-5-19(14)13-4-3-11(8-17)7-12(13)16/h3-4,7,10,14H,5-6,8-9,17H2,1-2H3,(H,18,20). The maximum atomic E-state index is 14.3. The van der Waals surface area contributed by atoms with Gasteiger partial charge in [0.15, 0.2) is 0 Å². The van der Waals surface area contributed by atoms with Crippen LogP contribution in [0.2, 0.25) is 0 Å². The molecule has 0 saturated carbocycles. The molecular formula is C15H22FN3O2. The molecule has 1 unspecified atom stereocenters. The molecule has 2 rings (SSSR count). The molecule has 0 radical (unpaired) electrons. The zero-order valence-corrected chi connectivity index (χ0v) is 12.4. The maximum Gasteiger partial charge on any atom is 0.245 e. The van der Waals surface area contributed by atoms with Gasteiger partial charge in [-0.15, -0.1) is 0 Å². The van der Waals surface area contributed by atoms with Gasteiger partial charge in [-0.1, -0.05) is 6.07 Å². The van der Waals surface area contributed by atoms with Gasteiger partial charge < -0.3 is 20.7 Å². The van der Waals surface area contributed by atoms with Gasteiger partial charge in [0.25, 0.3) is 0 Å². The third-order valence-electron chi connectivity index (χ3n) is 3.42. The van der Waals surface area contributed by atoms with Crippen molar-refractivity contribution < 1.29 is 13.9 Å². The van der Waals surface area contributed by atoms with Crippen LogP contribution in [0.15, 0.2) is 18.2 Å². The van der Waals surface area contributed by atoms with Crippen molar-refractivity contribution in [3.8, 4) is 0 Å². The highest BCUT2D eigenvalue weighted by molar-refractivity contribution is 5.86. The summed E-state index contributed by atoms with van der Waals surface area (Å²) in [7, 11) is 0. The molecule has 21 heavy (non-hydrogen) atoms. The van der Waals surface area contributed by atoms with Crippen LogP contribution in [-0.4, -0.2) is 37.7 Å². The monoisotopic (exact) mass is 295 g/mol. The molecule has 3 N–H and O–H groups in total. The summed E-state index contributed by atoms with van der Waals surface area (Å²) >= 11 is 0. The second-order valence-electron chi connectivity index (χ2n) is 5.44. The number of halogens is 1. The van der Waals surface area contributed by atoms with E-state index in [-0.39, 0.29) is 30.9 Å². The fourth-order valence-electron chi connectivity index (χ4n) is 2.40. The van der Waals surface area contributed by atoms with Crippen molar-refractivity contribution in [1.29, 1.82) is 0 Å². The Hall–Kier alpha value is -1.66. The summed E-state index contributed by atoms with van der Waals surface area (Å²) in [6.45, 7) is 5.29. The van der Waals surface area contributed by atoms with Crippen LogP contribution < -0.4 is 16.0 Å². The normalized spacial score (nSPS) is 18.9. The van der Waals surface area contributed by atoms with E-state index in [4.69, 9.17) is 10.5 Å². The first-order valence-corrected chi connectivity index (χ1v) is 7.16. The summed E-state index contributed by atoms with van der Waals surface area (Å²) in [6, 6.07) is 4.40. The molecule has 1 aliphatic heterocycles. The van der Waals surface area contributed by atoms with Crippen molar-refractivity contribution in [2.24, 2.45) is 5.73 Å². The minimum Gasteiger partial charge on any atom is -0.377 e. The molecule has 1 aliphatic rings. The van der Waals surface area contributed by atoms with Gasteiger partial charge in [-0.3, -0.25) is 4.79 Å². The van der Waals surface area contributed by atoms with Gasteiger partial charge in [-0.05, 0) is 31.5 Å². The van der Waals surface area contributed by atoms with E-state index in [0.717, 1.165) is 5.56 Å². The quantitative estimate of drug-likeness (QED) is 0.870. The Balaban J connectivity index is 2.24. The van der Waals surface area contributed by atoms with Crippen molar-refractivity contribution in [3.05, 3.63) is 29.6 Å². The van der Waals surface area contributed by atoms with Crippen LogP contribution in [0.1, 0.15) is 19.4 Å². The summed E-state index contributed by atoms with van der Waals surface area (Å²) in [5.41, 5.74) is 6.66. The third kappa shape index (κ3) is 3.71. The number of rotatable bonds is 4. The van der Waals surface area contributed by atoms with Crippen LogP contribution in [0, 0.1) is 5.82 Å². The Morgan fingerprint density at radius 2 is 2.33 bits per heavy atom. The molecule has 116 valence electrons. The minimum atomic E-state index is -0.514. The zero-order chi connectivity index (χ0) is 15.4. The van der Waals surface area contributed by atoms with Gasteiger partial charge in [0.05, 0.1) is 18.9 Å². The number of nitrogens with one attached hydrogen (secondary N) is 1. The van der Waals surface area contributed by atoms with E-state index in [0.29, 0.717) is 18.8 Å². The first kappa shape index (κ1) is 15.7. The Bertz CT molecular complexity index is 508. The SMILES string of the molecule is CC(C)NC(=O)C1COCCN1c1ccc(CN)cc1F. The summed E-state index contributed by atoms with van der Waals surface area (Å²) in [6.07, 6.45) is 0. The number of hydrogen-bond acceptors (Lipinski definition) is 4. The van der Waals surface area contributed by atoms with Gasteiger partial charge in [-0.2, -0.15) is 0 Å². The number of carbonyl (C=O) groups is 1. The van der Waals surface area contributed by atoms with E-state index in [2.05, 4.69) is 5.32 Å². The lowest BCUT2D eigenvalue weighted by atomic mass is 10.1. The predicted octanol–water partition coefficient (Wildman–Crippen LogP) is 1.01. The first-order chi connectivity index (χ1) is 10.0. The average molecular weight is 295 g/mol. The summed E-state index contributed by atoms with van der Waals surface area (Å²) in [4.78, 5) is 14.0. The lowest BCUT2D eigenvalue weighted by molar-refractivity contribution is -0.125. The highest BCUT2D eigenvalue weighted by atomic mass is 19.1. The topological polar surface area (TPSA) is 67.6 Å². The number of nitrogens with two attached hydrogens (primary N) is 1. The van der Waals surface area contributed by atoms with Crippen LogP contribution in [-0.2, 0) is 16.1 Å². The van der Waals surface area contributed by atoms with Crippen molar-refractivity contribution >= 4 is 11.6 Å². The molecule has 1 amide bonds. The van der Waals surface area contributed by atoms with Gasteiger partial charge >= 0.3 is 0 Å². The Kier molecular flexibility index (Phi) is 5.14. The van der Waals surface area contributed by atoms with Gasteiger partial charge in [0, 0.05) is 19.1 Å². The molecular weight excluding hydrogens is 273 g/mol. The molecule has 0 bridgehead atoms. The third-order valence-corrected chi connectivity index (χ3v) is 3.42. The van der Waals surface area contributed by atoms with E-state index < -0.39 is 6.04 Å². The van der Waals surface area contributed by atoms with E-state index in [9.17, 15) is 9.18 Å². The first-order valence-electron chi connectivity index (χ1n) is 7.16. The van der Waals surface area contributed by atoms with E-state index >= 15 is 0 Å². The molecule has 0 aromatic heterocycles. The van der Waals surface area contributed by atoms with E-state index in [1.807, 2.05) is 13.8 Å². The molecule has 1 fully saturated rings. The minimum absolute atomic E-state index is 0.0331. The smallest absolute Gasteiger partial charge is 0.245 e. The highest BCUT2D eigenvalue weighted by Crippen LogP contribution is 2.24. The summed E-state index contributed by atoms with van der Waals surface area (Å²) in [5, 5.41) is 2.85. The van der Waals surface area contributed by atoms with Crippen LogP contribution >= 0.6 is 0 Å². The zero-order valence-electron chi connectivity index (χ0n) is 12.4. The number of ether oxygens (including phenoxy) is 1. The largest absolute Gasteiger partial charge is 0.377 e. The number of benzene rings is 1. The molecule has 1 heterocycles. The van der Waals surface area contributed by atoms with Gasteiger partial charge in [0.1, 0.15) is 11.9 Å². The fourth-order valence-corrected chi connectivity index (χ4v) is 2.40. The number of hydrogen-bond donors (Lipinski definition) is 2. The van der Waals surface area contributed by atoms with Crippen molar-refractivity contribution in [1.82, 2.24) is 5.32 Å². The second kappa shape index (κ2) is 6.87. The number of nitrogens with zero attached hydrogens (tertiary/aromatic N) is 1. The molecule has 0 aliphatic carbocycles. The lowest BCUT2D eigenvalue weighted by Crippen LogP contribution is -2.55. The molecule has 6 heteroatoms. The maximum absolute atomic E-state index is 14.3. The van der Waals surface area contributed by atoms with Crippen molar-refractivity contribution in [2.75, 3.05) is 24.7 Å². The molecule has 5 nitrogen and oxygen atoms in total. The molecule has 1 aromatic rings. The number of carbonyl (C=O) groups excluding carboxylic acids is 1. The van der Waals surface area contributed by atoms with Crippen LogP contribution in [0.25, 0.3) is 0 Å². The molecule has 0 spiro atoms. The second-order valence-corrected chi connectivity index (χ2v) is 5.44. The molecule has 1 atom stereocenters. The predicted molar refractivity (Wildman–Crippen MR) is 79.5 cm³/mol. The van der Waals surface area contributed by atoms with Gasteiger partial charge in [0.2, 0.25) is 5.91 Å². The number of anilines is 1. The van der Waals surface area contributed by atoms with Gasteiger partial charge in [-0.25, -0.2) is 4.39 Å². The number of amides is 1. The van der Waals surface area contributed by atoms with Crippen LogP contribution in [0.5, 0.6) is 0 Å². The van der Waals surface area contributed by atoms with E-state index in [1.54, 1.807) is 17.0 Å².